The van der Waals surface area contributed by atoms with Crippen LogP contribution in [-0.4, -0.2) is 44.7 Å². The molecule has 0 aromatic heterocycles. The summed E-state index contributed by atoms with van der Waals surface area (Å²) < 4.78 is 30.7. The molecule has 2 rings (SSSR count). The smallest absolute Gasteiger partial charge is 0.263 e. The maximum Gasteiger partial charge on any atom is 0.263 e. The molecule has 0 bridgehead atoms. The number of hydrogen-bond acceptors (Lipinski definition) is 3. The van der Waals surface area contributed by atoms with Crippen molar-refractivity contribution in [3.05, 3.63) is 29.3 Å². The van der Waals surface area contributed by atoms with Gasteiger partial charge in [0.05, 0.1) is 7.11 Å². The van der Waals surface area contributed by atoms with Gasteiger partial charge in [-0.25, -0.2) is 8.78 Å². The zero-order valence-corrected chi connectivity index (χ0v) is 11.2. The van der Waals surface area contributed by atoms with E-state index in [0.717, 1.165) is 44.7 Å². The molecule has 19 heavy (non-hydrogen) atoms. The second-order valence-corrected chi connectivity index (χ2v) is 4.71. The fourth-order valence-corrected chi connectivity index (χ4v) is 2.34. The molecule has 106 valence electrons. The molecule has 1 aromatic rings. The largest absolute Gasteiger partial charge is 0.496 e. The van der Waals surface area contributed by atoms with Crippen LogP contribution in [0.4, 0.5) is 8.78 Å². The van der Waals surface area contributed by atoms with E-state index in [1.807, 2.05) is 0 Å². The lowest BCUT2D eigenvalue weighted by Crippen LogP contribution is -2.44. The van der Waals surface area contributed by atoms with Gasteiger partial charge in [-0.1, -0.05) is 0 Å². The van der Waals surface area contributed by atoms with Gasteiger partial charge in [-0.05, 0) is 30.2 Å². The number of rotatable bonds is 5. The number of alkyl halides is 2. The summed E-state index contributed by atoms with van der Waals surface area (Å²) in [4.78, 5) is 2.34. The summed E-state index contributed by atoms with van der Waals surface area (Å²) in [6.07, 6.45) is -1.69. The normalized spacial score (nSPS) is 16.8. The first-order valence-electron chi connectivity index (χ1n) is 6.58. The van der Waals surface area contributed by atoms with Crippen molar-refractivity contribution in [2.24, 2.45) is 0 Å². The molecule has 1 fully saturated rings. The molecule has 0 atom stereocenters. The van der Waals surface area contributed by atoms with Gasteiger partial charge in [0.25, 0.3) is 6.43 Å². The van der Waals surface area contributed by atoms with Crippen LogP contribution in [-0.2, 0) is 6.42 Å². The average molecular weight is 270 g/mol. The average Bonchev–Trinajstić information content (AvgIpc) is 2.45. The first-order valence-corrected chi connectivity index (χ1v) is 6.58. The van der Waals surface area contributed by atoms with Crippen LogP contribution in [0.15, 0.2) is 18.2 Å². The van der Waals surface area contributed by atoms with Crippen molar-refractivity contribution in [1.29, 1.82) is 0 Å². The summed E-state index contributed by atoms with van der Waals surface area (Å²) in [6, 6.07) is 4.62. The minimum Gasteiger partial charge on any atom is -0.496 e. The lowest BCUT2D eigenvalue weighted by Gasteiger charge is -2.27. The van der Waals surface area contributed by atoms with Crippen LogP contribution in [0.5, 0.6) is 5.75 Å². The van der Waals surface area contributed by atoms with Crippen LogP contribution in [0.2, 0.25) is 0 Å². The van der Waals surface area contributed by atoms with Gasteiger partial charge in [-0.3, -0.25) is 0 Å². The lowest BCUT2D eigenvalue weighted by molar-refractivity contribution is 0.151. The van der Waals surface area contributed by atoms with E-state index < -0.39 is 6.43 Å². The van der Waals surface area contributed by atoms with Gasteiger partial charge in [0, 0.05) is 38.3 Å². The molecule has 1 N–H and O–H groups in total. The first-order chi connectivity index (χ1) is 9.20. The zero-order valence-electron chi connectivity index (χ0n) is 11.2. The number of methoxy groups -OCH3 is 1. The Balaban J connectivity index is 2.02. The molecule has 0 saturated carbocycles. The van der Waals surface area contributed by atoms with E-state index in [-0.39, 0.29) is 5.56 Å². The summed E-state index contributed by atoms with van der Waals surface area (Å²) in [7, 11) is 1.58. The number of benzene rings is 1. The highest BCUT2D eigenvalue weighted by Gasteiger charge is 2.13. The minimum atomic E-state index is -2.43. The summed E-state index contributed by atoms with van der Waals surface area (Å²) >= 11 is 0. The summed E-state index contributed by atoms with van der Waals surface area (Å²) in [5, 5.41) is 3.29. The summed E-state index contributed by atoms with van der Waals surface area (Å²) in [5.41, 5.74) is 0.926. The quantitative estimate of drug-likeness (QED) is 0.886. The summed E-state index contributed by atoms with van der Waals surface area (Å²) in [5.74, 6) is 0.694. The fraction of sp³-hybridized carbons (Fsp3) is 0.571. The van der Waals surface area contributed by atoms with Gasteiger partial charge < -0.3 is 15.0 Å². The molecule has 0 unspecified atom stereocenters. The Morgan fingerprint density at radius 3 is 2.68 bits per heavy atom. The number of piperazine rings is 1. The first kappa shape index (κ1) is 14.2. The van der Waals surface area contributed by atoms with Crippen molar-refractivity contribution >= 4 is 0 Å². The Morgan fingerprint density at radius 1 is 1.32 bits per heavy atom. The van der Waals surface area contributed by atoms with Crippen molar-refractivity contribution in [2.45, 2.75) is 12.8 Å². The van der Waals surface area contributed by atoms with E-state index >= 15 is 0 Å². The lowest BCUT2D eigenvalue weighted by atomic mass is 10.1. The predicted molar refractivity (Wildman–Crippen MR) is 71.0 cm³/mol. The van der Waals surface area contributed by atoms with Gasteiger partial charge in [0.1, 0.15) is 5.75 Å². The third kappa shape index (κ3) is 3.88. The molecule has 0 spiro atoms. The van der Waals surface area contributed by atoms with E-state index in [9.17, 15) is 8.78 Å². The topological polar surface area (TPSA) is 24.5 Å². The van der Waals surface area contributed by atoms with Gasteiger partial charge in [-0.15, -0.1) is 0 Å². The highest BCUT2D eigenvalue weighted by atomic mass is 19.3. The molecule has 0 amide bonds. The number of nitrogens with one attached hydrogen (secondary N) is 1. The van der Waals surface area contributed by atoms with Gasteiger partial charge in [-0.2, -0.15) is 0 Å². The second-order valence-electron chi connectivity index (χ2n) is 4.71. The Kier molecular flexibility index (Phi) is 5.10. The Labute approximate surface area is 112 Å². The molecule has 5 heteroatoms. The van der Waals surface area contributed by atoms with Crippen molar-refractivity contribution in [1.82, 2.24) is 10.2 Å². The molecular formula is C14H20F2N2O. The predicted octanol–water partition coefficient (Wildman–Crippen LogP) is 2.08. The van der Waals surface area contributed by atoms with Crippen molar-refractivity contribution in [3.63, 3.8) is 0 Å². The monoisotopic (exact) mass is 270 g/mol. The van der Waals surface area contributed by atoms with Gasteiger partial charge in [0.2, 0.25) is 0 Å². The molecule has 1 aliphatic rings. The molecule has 3 nitrogen and oxygen atoms in total. The minimum absolute atomic E-state index is 0.0658. The maximum absolute atomic E-state index is 12.7. The third-order valence-corrected chi connectivity index (χ3v) is 3.46. The maximum atomic E-state index is 12.7. The second kappa shape index (κ2) is 6.82. The summed E-state index contributed by atoms with van der Waals surface area (Å²) in [6.45, 7) is 4.89. The highest BCUT2D eigenvalue weighted by Crippen LogP contribution is 2.26. The molecular weight excluding hydrogens is 250 g/mol. The molecule has 0 radical (unpaired) electrons. The highest BCUT2D eigenvalue weighted by molar-refractivity contribution is 5.38. The number of nitrogens with zero attached hydrogens (tertiary/aromatic N) is 1. The van der Waals surface area contributed by atoms with Crippen LogP contribution < -0.4 is 10.1 Å². The van der Waals surface area contributed by atoms with E-state index in [1.165, 1.54) is 6.07 Å². The number of halogens is 2. The Hall–Kier alpha value is -1.20. The molecule has 1 saturated heterocycles. The van der Waals surface area contributed by atoms with E-state index in [4.69, 9.17) is 4.74 Å². The van der Waals surface area contributed by atoms with Crippen molar-refractivity contribution in [2.75, 3.05) is 39.8 Å². The van der Waals surface area contributed by atoms with Crippen molar-refractivity contribution in [3.8, 4) is 5.75 Å². The van der Waals surface area contributed by atoms with E-state index in [0.29, 0.717) is 5.75 Å². The van der Waals surface area contributed by atoms with Crippen LogP contribution in [0.1, 0.15) is 17.6 Å². The van der Waals surface area contributed by atoms with Crippen molar-refractivity contribution < 1.29 is 13.5 Å². The molecule has 0 aliphatic carbocycles. The zero-order chi connectivity index (χ0) is 13.7. The Morgan fingerprint density at radius 2 is 2.05 bits per heavy atom. The number of hydrogen-bond donors (Lipinski definition) is 1. The SMILES string of the molecule is COc1ccc(C(F)F)cc1CCN1CCNCC1. The van der Waals surface area contributed by atoms with Crippen LogP contribution in [0, 0.1) is 0 Å². The van der Waals surface area contributed by atoms with E-state index in [2.05, 4.69) is 10.2 Å². The van der Waals surface area contributed by atoms with Gasteiger partial charge >= 0.3 is 0 Å². The standard InChI is InChI=1S/C14H20F2N2O/c1-19-13-3-2-12(14(15)16)10-11(13)4-7-18-8-5-17-6-9-18/h2-3,10,14,17H,4-9H2,1H3. The van der Waals surface area contributed by atoms with Crippen LogP contribution in [0.25, 0.3) is 0 Å². The fourth-order valence-electron chi connectivity index (χ4n) is 2.34. The Bertz CT molecular complexity index is 406. The van der Waals surface area contributed by atoms with Crippen LogP contribution >= 0.6 is 0 Å². The molecule has 1 heterocycles. The van der Waals surface area contributed by atoms with E-state index in [1.54, 1.807) is 19.2 Å². The molecule has 1 aliphatic heterocycles. The number of ether oxygens (including phenoxy) is 1. The van der Waals surface area contributed by atoms with Gasteiger partial charge in [0.15, 0.2) is 0 Å². The molecule has 1 aromatic carbocycles. The third-order valence-electron chi connectivity index (χ3n) is 3.46. The van der Waals surface area contributed by atoms with Crippen LogP contribution in [0.3, 0.4) is 0 Å².